The van der Waals surface area contributed by atoms with Gasteiger partial charge in [0.15, 0.2) is 0 Å². The van der Waals surface area contributed by atoms with Crippen molar-refractivity contribution in [1.29, 1.82) is 5.26 Å². The standard InChI is InChI=1S/C11H10ClNO2/c1-3-7-4-8(6-13)9(5-10(7)12)11(14)15-2/h4-5H,3H2,1-2H3. The zero-order chi connectivity index (χ0) is 11.4. The summed E-state index contributed by atoms with van der Waals surface area (Å²) >= 11 is 5.94. The zero-order valence-electron chi connectivity index (χ0n) is 8.50. The number of hydrogen-bond acceptors (Lipinski definition) is 3. The summed E-state index contributed by atoms with van der Waals surface area (Å²) in [6, 6.07) is 5.05. The molecule has 0 aliphatic carbocycles. The Labute approximate surface area is 93.2 Å². The fourth-order valence-electron chi connectivity index (χ4n) is 1.26. The highest BCUT2D eigenvalue weighted by Crippen LogP contribution is 2.22. The second kappa shape index (κ2) is 4.81. The summed E-state index contributed by atoms with van der Waals surface area (Å²) in [6.07, 6.45) is 0.717. The third-order valence-corrected chi connectivity index (χ3v) is 2.45. The van der Waals surface area contributed by atoms with E-state index in [1.54, 1.807) is 6.07 Å². The van der Waals surface area contributed by atoms with E-state index in [-0.39, 0.29) is 5.56 Å². The lowest BCUT2D eigenvalue weighted by molar-refractivity contribution is 0.0600. The molecule has 0 saturated carbocycles. The Morgan fingerprint density at radius 2 is 2.27 bits per heavy atom. The molecular formula is C11H10ClNO2. The van der Waals surface area contributed by atoms with Crippen molar-refractivity contribution in [1.82, 2.24) is 0 Å². The normalized spacial score (nSPS) is 9.47. The summed E-state index contributed by atoms with van der Waals surface area (Å²) in [5.41, 5.74) is 1.35. The number of methoxy groups -OCH3 is 1. The van der Waals surface area contributed by atoms with Crippen molar-refractivity contribution < 1.29 is 9.53 Å². The second-order valence-electron chi connectivity index (χ2n) is 2.95. The lowest BCUT2D eigenvalue weighted by Gasteiger charge is -2.06. The molecule has 0 aromatic heterocycles. The number of rotatable bonds is 2. The van der Waals surface area contributed by atoms with Crippen molar-refractivity contribution >= 4 is 17.6 Å². The molecular weight excluding hydrogens is 214 g/mol. The van der Waals surface area contributed by atoms with Gasteiger partial charge >= 0.3 is 5.97 Å². The maximum atomic E-state index is 11.3. The minimum absolute atomic E-state index is 0.210. The summed E-state index contributed by atoms with van der Waals surface area (Å²) in [6.45, 7) is 1.93. The SMILES string of the molecule is CCc1cc(C#N)c(C(=O)OC)cc1Cl. The summed E-state index contributed by atoms with van der Waals surface area (Å²) in [4.78, 5) is 11.3. The van der Waals surface area contributed by atoms with Gasteiger partial charge < -0.3 is 4.74 Å². The first-order valence-corrected chi connectivity index (χ1v) is 4.82. The Kier molecular flexibility index (Phi) is 3.70. The fraction of sp³-hybridized carbons (Fsp3) is 0.273. The van der Waals surface area contributed by atoms with Gasteiger partial charge in [0.1, 0.15) is 6.07 Å². The topological polar surface area (TPSA) is 50.1 Å². The number of carbonyl (C=O) groups excluding carboxylic acids is 1. The molecule has 0 fully saturated rings. The molecule has 0 heterocycles. The van der Waals surface area contributed by atoms with Crippen LogP contribution in [0.15, 0.2) is 12.1 Å². The van der Waals surface area contributed by atoms with Crippen LogP contribution in [-0.2, 0) is 11.2 Å². The van der Waals surface area contributed by atoms with Crippen molar-refractivity contribution in [3.63, 3.8) is 0 Å². The predicted octanol–water partition coefficient (Wildman–Crippen LogP) is 2.56. The lowest BCUT2D eigenvalue weighted by Crippen LogP contribution is -2.05. The molecule has 0 atom stereocenters. The Balaban J connectivity index is 3.35. The molecule has 0 bridgehead atoms. The minimum Gasteiger partial charge on any atom is -0.465 e. The Morgan fingerprint density at radius 1 is 1.60 bits per heavy atom. The van der Waals surface area contributed by atoms with Crippen LogP contribution in [0.1, 0.15) is 28.4 Å². The van der Waals surface area contributed by atoms with Gasteiger partial charge in [-0.3, -0.25) is 0 Å². The molecule has 0 aliphatic rings. The second-order valence-corrected chi connectivity index (χ2v) is 3.35. The predicted molar refractivity (Wildman–Crippen MR) is 56.9 cm³/mol. The van der Waals surface area contributed by atoms with Gasteiger partial charge in [-0.15, -0.1) is 0 Å². The molecule has 0 amide bonds. The molecule has 15 heavy (non-hydrogen) atoms. The highest BCUT2D eigenvalue weighted by molar-refractivity contribution is 6.31. The van der Waals surface area contributed by atoms with Gasteiger partial charge in [0, 0.05) is 5.02 Å². The summed E-state index contributed by atoms with van der Waals surface area (Å²) in [7, 11) is 1.27. The van der Waals surface area contributed by atoms with E-state index in [4.69, 9.17) is 16.9 Å². The molecule has 0 radical (unpaired) electrons. The highest BCUT2D eigenvalue weighted by atomic mass is 35.5. The summed E-state index contributed by atoms with van der Waals surface area (Å²) in [5, 5.41) is 9.36. The largest absolute Gasteiger partial charge is 0.465 e. The summed E-state index contributed by atoms with van der Waals surface area (Å²) in [5.74, 6) is -0.545. The number of nitriles is 1. The molecule has 0 spiro atoms. The van der Waals surface area contributed by atoms with Crippen LogP contribution in [-0.4, -0.2) is 13.1 Å². The van der Waals surface area contributed by atoms with Crippen molar-refractivity contribution in [2.24, 2.45) is 0 Å². The molecule has 1 aromatic rings. The van der Waals surface area contributed by atoms with E-state index in [0.29, 0.717) is 10.6 Å². The number of halogens is 1. The number of nitrogens with zero attached hydrogens (tertiary/aromatic N) is 1. The monoisotopic (exact) mass is 223 g/mol. The van der Waals surface area contributed by atoms with Crippen LogP contribution >= 0.6 is 11.6 Å². The van der Waals surface area contributed by atoms with Crippen LogP contribution in [0.5, 0.6) is 0 Å². The van der Waals surface area contributed by atoms with Crippen molar-refractivity contribution in [2.45, 2.75) is 13.3 Å². The fourth-order valence-corrected chi connectivity index (χ4v) is 1.56. The van der Waals surface area contributed by atoms with Gasteiger partial charge in [0.25, 0.3) is 0 Å². The minimum atomic E-state index is -0.545. The van der Waals surface area contributed by atoms with Gasteiger partial charge in [-0.05, 0) is 24.1 Å². The number of aryl methyl sites for hydroxylation is 1. The van der Waals surface area contributed by atoms with Crippen LogP contribution in [0, 0.1) is 11.3 Å². The number of ether oxygens (including phenoxy) is 1. The van der Waals surface area contributed by atoms with E-state index in [1.165, 1.54) is 13.2 Å². The van der Waals surface area contributed by atoms with Crippen LogP contribution in [0.3, 0.4) is 0 Å². The van der Waals surface area contributed by atoms with Gasteiger partial charge in [0.2, 0.25) is 0 Å². The number of hydrogen-bond donors (Lipinski definition) is 0. The van der Waals surface area contributed by atoms with Crippen LogP contribution in [0.2, 0.25) is 5.02 Å². The first-order valence-electron chi connectivity index (χ1n) is 4.44. The Morgan fingerprint density at radius 3 is 2.73 bits per heavy atom. The van der Waals surface area contributed by atoms with Gasteiger partial charge in [-0.25, -0.2) is 4.79 Å². The smallest absolute Gasteiger partial charge is 0.339 e. The molecule has 1 rings (SSSR count). The van der Waals surface area contributed by atoms with E-state index < -0.39 is 5.97 Å². The van der Waals surface area contributed by atoms with Crippen molar-refractivity contribution in [3.05, 3.63) is 33.8 Å². The quantitative estimate of drug-likeness (QED) is 0.724. The van der Waals surface area contributed by atoms with Crippen LogP contribution < -0.4 is 0 Å². The van der Waals surface area contributed by atoms with Gasteiger partial charge in [0.05, 0.1) is 18.2 Å². The first-order chi connectivity index (χ1) is 7.13. The Bertz CT molecular complexity index is 435. The average molecular weight is 224 g/mol. The van der Waals surface area contributed by atoms with Gasteiger partial charge in [-0.2, -0.15) is 5.26 Å². The molecule has 0 unspecified atom stereocenters. The van der Waals surface area contributed by atoms with E-state index >= 15 is 0 Å². The van der Waals surface area contributed by atoms with Crippen LogP contribution in [0.4, 0.5) is 0 Å². The molecule has 1 aromatic carbocycles. The highest BCUT2D eigenvalue weighted by Gasteiger charge is 2.14. The molecule has 0 N–H and O–H groups in total. The maximum absolute atomic E-state index is 11.3. The molecule has 0 aliphatic heterocycles. The van der Waals surface area contributed by atoms with E-state index in [2.05, 4.69) is 4.74 Å². The first kappa shape index (κ1) is 11.5. The van der Waals surface area contributed by atoms with Gasteiger partial charge in [-0.1, -0.05) is 18.5 Å². The van der Waals surface area contributed by atoms with E-state index in [1.807, 2.05) is 13.0 Å². The van der Waals surface area contributed by atoms with E-state index in [0.717, 1.165) is 12.0 Å². The van der Waals surface area contributed by atoms with Crippen molar-refractivity contribution in [3.8, 4) is 6.07 Å². The zero-order valence-corrected chi connectivity index (χ0v) is 9.26. The number of esters is 1. The third kappa shape index (κ3) is 2.28. The van der Waals surface area contributed by atoms with E-state index in [9.17, 15) is 4.79 Å². The maximum Gasteiger partial charge on any atom is 0.339 e. The molecule has 3 nitrogen and oxygen atoms in total. The average Bonchev–Trinajstić information content (AvgIpc) is 2.27. The lowest BCUT2D eigenvalue weighted by atomic mass is 10.0. The molecule has 0 saturated heterocycles. The van der Waals surface area contributed by atoms with Crippen LogP contribution in [0.25, 0.3) is 0 Å². The number of benzene rings is 1. The Hall–Kier alpha value is -1.53. The number of carbonyl (C=O) groups is 1. The third-order valence-electron chi connectivity index (χ3n) is 2.09. The molecule has 78 valence electrons. The molecule has 4 heteroatoms. The summed E-state index contributed by atoms with van der Waals surface area (Å²) < 4.78 is 4.56. The van der Waals surface area contributed by atoms with Crippen molar-refractivity contribution in [2.75, 3.05) is 7.11 Å².